The minimum absolute atomic E-state index is 0.0105. The van der Waals surface area contributed by atoms with Crippen LogP contribution in [0.4, 0.5) is 19.0 Å². The Morgan fingerprint density at radius 3 is 2.65 bits per heavy atom. The van der Waals surface area contributed by atoms with Crippen LogP contribution in [0.1, 0.15) is 19.7 Å². The van der Waals surface area contributed by atoms with Crippen LogP contribution in [0.3, 0.4) is 0 Å². The maximum Gasteiger partial charge on any atom is 0.453 e. The third-order valence-electron chi connectivity index (χ3n) is 2.80. The highest BCUT2D eigenvalue weighted by molar-refractivity contribution is 5.44. The topological polar surface area (TPSA) is 84.6 Å². The summed E-state index contributed by atoms with van der Waals surface area (Å²) in [5.74, 6) is -0.670. The van der Waals surface area contributed by atoms with Crippen LogP contribution < -0.4 is 5.32 Å². The number of aromatic nitrogens is 4. The number of nitrogens with zero attached hydrogens (tertiary/aromatic N) is 4. The zero-order valence-electron chi connectivity index (χ0n) is 12.7. The molecule has 0 unspecified atom stereocenters. The van der Waals surface area contributed by atoms with Crippen LogP contribution in [0, 0.1) is 5.92 Å². The molecule has 0 saturated heterocycles. The van der Waals surface area contributed by atoms with Crippen LogP contribution in [-0.2, 0) is 10.9 Å². The maximum absolute atomic E-state index is 12.8. The van der Waals surface area contributed by atoms with E-state index in [1.807, 2.05) is 13.8 Å². The number of hydrogen-bond acceptors (Lipinski definition) is 6. The Kier molecular flexibility index (Phi) is 5.37. The molecule has 0 amide bonds. The Hall–Kier alpha value is -1.94. The number of rotatable bonds is 7. The number of alkyl halides is 3. The lowest BCUT2D eigenvalue weighted by Gasteiger charge is -2.14. The number of halogens is 3. The summed E-state index contributed by atoms with van der Waals surface area (Å²) < 4.78 is 44.2. The highest BCUT2D eigenvalue weighted by Crippen LogP contribution is 2.27. The fourth-order valence-corrected chi connectivity index (χ4v) is 1.78. The molecule has 2 N–H and O–H groups in total. The molecule has 0 aliphatic carbocycles. The van der Waals surface area contributed by atoms with Gasteiger partial charge in [0.25, 0.3) is 5.82 Å². The zero-order chi connectivity index (χ0) is 17.0. The lowest BCUT2D eigenvalue weighted by molar-refractivity contribution is -0.146. The average Bonchev–Trinajstić information content (AvgIpc) is 2.87. The summed E-state index contributed by atoms with van der Waals surface area (Å²) >= 11 is 0. The Morgan fingerprint density at radius 2 is 2.00 bits per heavy atom. The largest absolute Gasteiger partial charge is 0.453 e. The Balaban J connectivity index is 1.98. The zero-order valence-corrected chi connectivity index (χ0v) is 12.7. The third-order valence-corrected chi connectivity index (χ3v) is 2.80. The van der Waals surface area contributed by atoms with Crippen molar-refractivity contribution in [3.8, 4) is 0 Å². The van der Waals surface area contributed by atoms with E-state index in [4.69, 9.17) is 4.74 Å². The Bertz CT molecular complexity index is 644. The molecule has 23 heavy (non-hydrogen) atoms. The molecule has 0 radical (unpaired) electrons. The average molecular weight is 333 g/mol. The summed E-state index contributed by atoms with van der Waals surface area (Å²) in [6, 6.07) is 2.82. The van der Waals surface area contributed by atoms with Gasteiger partial charge in [-0.25, -0.2) is 0 Å². The fraction of sp³-hybridized carbons (Fsp3) is 0.615. The van der Waals surface area contributed by atoms with Crippen LogP contribution in [0.15, 0.2) is 12.1 Å². The standard InChI is InChI=1S/C13H18F3N5O2/c1-8(2)6-23-7-9(22)5-17-10-3-4-11-18-19-12(13(14,15)16)21(11)20-10/h3-4,8-9,22H,5-7H2,1-2H3,(H,17,20)/t9-/m0/s1. The van der Waals surface area contributed by atoms with E-state index >= 15 is 0 Å². The van der Waals surface area contributed by atoms with Gasteiger partial charge in [0.15, 0.2) is 5.65 Å². The summed E-state index contributed by atoms with van der Waals surface area (Å²) in [6.45, 7) is 4.73. The van der Waals surface area contributed by atoms with Gasteiger partial charge >= 0.3 is 6.18 Å². The monoisotopic (exact) mass is 333 g/mol. The lowest BCUT2D eigenvalue weighted by Crippen LogP contribution is -2.26. The number of anilines is 1. The van der Waals surface area contributed by atoms with Crippen LogP contribution in [0.2, 0.25) is 0 Å². The number of aliphatic hydroxyl groups excluding tert-OH is 1. The molecule has 0 saturated carbocycles. The maximum atomic E-state index is 12.8. The summed E-state index contributed by atoms with van der Waals surface area (Å²) in [5, 5.41) is 22.8. The second kappa shape index (κ2) is 7.09. The summed E-state index contributed by atoms with van der Waals surface area (Å²) in [6.07, 6.45) is -5.44. The van der Waals surface area contributed by atoms with Crippen molar-refractivity contribution in [3.63, 3.8) is 0 Å². The normalized spacial score (nSPS) is 13.7. The van der Waals surface area contributed by atoms with Crippen LogP contribution in [0.25, 0.3) is 5.65 Å². The molecule has 0 spiro atoms. The second-order valence-electron chi connectivity index (χ2n) is 5.48. The molecule has 0 fully saturated rings. The molecule has 10 heteroatoms. The van der Waals surface area contributed by atoms with E-state index < -0.39 is 18.1 Å². The predicted octanol–water partition coefficient (Wildman–Crippen LogP) is 1.59. The molecule has 0 bridgehead atoms. The SMILES string of the molecule is CC(C)COC[C@@H](O)CNc1ccc2nnc(C(F)(F)F)n2n1. The van der Waals surface area contributed by atoms with Gasteiger partial charge in [-0.15, -0.1) is 15.3 Å². The molecular weight excluding hydrogens is 315 g/mol. The predicted molar refractivity (Wildman–Crippen MR) is 75.9 cm³/mol. The minimum Gasteiger partial charge on any atom is -0.389 e. The van der Waals surface area contributed by atoms with E-state index in [-0.39, 0.29) is 24.6 Å². The quantitative estimate of drug-likeness (QED) is 0.800. The molecule has 7 nitrogen and oxygen atoms in total. The van der Waals surface area contributed by atoms with Crippen molar-refractivity contribution in [2.45, 2.75) is 26.1 Å². The highest BCUT2D eigenvalue weighted by atomic mass is 19.4. The van der Waals surface area contributed by atoms with Gasteiger partial charge in [0.2, 0.25) is 0 Å². The molecule has 2 rings (SSSR count). The molecule has 2 heterocycles. The van der Waals surface area contributed by atoms with Gasteiger partial charge in [-0.05, 0) is 18.1 Å². The third kappa shape index (κ3) is 4.76. The summed E-state index contributed by atoms with van der Waals surface area (Å²) in [5.41, 5.74) is -0.0105. The number of ether oxygens (including phenoxy) is 1. The smallest absolute Gasteiger partial charge is 0.389 e. The first-order chi connectivity index (χ1) is 10.8. The Morgan fingerprint density at radius 1 is 1.26 bits per heavy atom. The van der Waals surface area contributed by atoms with Crippen molar-refractivity contribution in [1.82, 2.24) is 19.8 Å². The van der Waals surface area contributed by atoms with Gasteiger partial charge in [0, 0.05) is 13.2 Å². The number of hydrogen-bond donors (Lipinski definition) is 2. The van der Waals surface area contributed by atoms with E-state index in [2.05, 4.69) is 20.6 Å². The molecule has 128 valence electrons. The van der Waals surface area contributed by atoms with Crippen molar-refractivity contribution < 1.29 is 23.0 Å². The first kappa shape index (κ1) is 17.4. The molecular formula is C13H18F3N5O2. The van der Waals surface area contributed by atoms with Crippen LogP contribution >= 0.6 is 0 Å². The molecule has 1 atom stereocenters. The van der Waals surface area contributed by atoms with E-state index in [1.54, 1.807) is 0 Å². The minimum atomic E-state index is -4.64. The van der Waals surface area contributed by atoms with Gasteiger partial charge in [-0.2, -0.15) is 17.7 Å². The first-order valence-corrected chi connectivity index (χ1v) is 7.06. The van der Waals surface area contributed by atoms with Crippen molar-refractivity contribution in [1.29, 1.82) is 0 Å². The first-order valence-electron chi connectivity index (χ1n) is 7.06. The highest BCUT2D eigenvalue weighted by Gasteiger charge is 2.37. The van der Waals surface area contributed by atoms with E-state index in [1.165, 1.54) is 12.1 Å². The van der Waals surface area contributed by atoms with Crippen LogP contribution in [0.5, 0.6) is 0 Å². The van der Waals surface area contributed by atoms with Crippen molar-refractivity contribution >= 4 is 11.5 Å². The number of aliphatic hydroxyl groups is 1. The van der Waals surface area contributed by atoms with Gasteiger partial charge in [0.1, 0.15) is 5.82 Å². The van der Waals surface area contributed by atoms with Crippen LogP contribution in [-0.4, -0.2) is 50.8 Å². The number of nitrogens with one attached hydrogen (secondary N) is 1. The summed E-state index contributed by atoms with van der Waals surface area (Å²) in [7, 11) is 0. The van der Waals surface area contributed by atoms with E-state index in [9.17, 15) is 18.3 Å². The number of fused-ring (bicyclic) bond motifs is 1. The van der Waals surface area contributed by atoms with Gasteiger partial charge < -0.3 is 15.2 Å². The fourth-order valence-electron chi connectivity index (χ4n) is 1.78. The van der Waals surface area contributed by atoms with Crippen molar-refractivity contribution in [2.24, 2.45) is 5.92 Å². The molecule has 2 aromatic rings. The molecule has 0 aliphatic rings. The Labute approximate surface area is 130 Å². The second-order valence-corrected chi connectivity index (χ2v) is 5.48. The molecule has 0 aliphatic heterocycles. The molecule has 0 aromatic carbocycles. The lowest BCUT2D eigenvalue weighted by atomic mass is 10.2. The van der Waals surface area contributed by atoms with E-state index in [0.717, 1.165) is 0 Å². The van der Waals surface area contributed by atoms with Gasteiger partial charge in [0.05, 0.1) is 12.7 Å². The van der Waals surface area contributed by atoms with Crippen molar-refractivity contribution in [3.05, 3.63) is 18.0 Å². The van der Waals surface area contributed by atoms with Gasteiger partial charge in [-0.1, -0.05) is 13.8 Å². The van der Waals surface area contributed by atoms with E-state index in [0.29, 0.717) is 17.0 Å². The summed E-state index contributed by atoms with van der Waals surface area (Å²) in [4.78, 5) is 0. The van der Waals surface area contributed by atoms with Crippen molar-refractivity contribution in [2.75, 3.05) is 25.1 Å². The molecule has 2 aromatic heterocycles. The van der Waals surface area contributed by atoms with Gasteiger partial charge in [-0.3, -0.25) is 0 Å².